The Morgan fingerprint density at radius 3 is 2.39 bits per heavy atom. The van der Waals surface area contributed by atoms with E-state index in [1.807, 2.05) is 0 Å². The molecule has 1 aromatic carbocycles. The number of hydrogen-bond donors (Lipinski definition) is 4. The van der Waals surface area contributed by atoms with Crippen LogP contribution in [0.5, 0.6) is 5.75 Å². The average molecular weight is 326 g/mol. The lowest BCUT2D eigenvalue weighted by atomic mass is 9.91. The van der Waals surface area contributed by atoms with E-state index in [0.717, 1.165) is 0 Å². The summed E-state index contributed by atoms with van der Waals surface area (Å²) < 4.78 is 11.3. The number of rotatable bonds is 4. The summed E-state index contributed by atoms with van der Waals surface area (Å²) in [5, 5.41) is 39.1. The summed E-state index contributed by atoms with van der Waals surface area (Å²) in [6.07, 6.45) is -5.79. The van der Waals surface area contributed by atoms with Gasteiger partial charge in [0.2, 0.25) is 0 Å². The van der Waals surface area contributed by atoms with Crippen molar-refractivity contribution in [2.24, 2.45) is 5.41 Å². The third kappa shape index (κ3) is 4.43. The van der Waals surface area contributed by atoms with E-state index in [0.29, 0.717) is 17.9 Å². The van der Waals surface area contributed by atoms with E-state index in [2.05, 4.69) is 20.8 Å². The van der Waals surface area contributed by atoms with Crippen molar-refractivity contribution in [3.05, 3.63) is 29.8 Å². The molecular weight excluding hydrogens is 300 g/mol. The van der Waals surface area contributed by atoms with Crippen LogP contribution in [0.3, 0.4) is 0 Å². The molecule has 0 saturated carbocycles. The molecular formula is C17H26O6. The van der Waals surface area contributed by atoms with E-state index < -0.39 is 37.1 Å². The second kappa shape index (κ2) is 7.15. The molecule has 0 radical (unpaired) electrons. The van der Waals surface area contributed by atoms with Crippen LogP contribution >= 0.6 is 0 Å². The summed E-state index contributed by atoms with van der Waals surface area (Å²) in [6, 6.07) is 7.06. The maximum Gasteiger partial charge on any atom is 0.119 e. The molecule has 4 N–H and O–H groups in total. The van der Waals surface area contributed by atoms with Gasteiger partial charge in [-0.25, -0.2) is 0 Å². The molecule has 6 nitrogen and oxygen atoms in total. The Kier molecular flexibility index (Phi) is 5.65. The topological polar surface area (TPSA) is 99.4 Å². The van der Waals surface area contributed by atoms with E-state index in [4.69, 9.17) is 9.47 Å². The standard InChI is InChI=1S/C17H26O6/c1-17(2,3)9-22-11-6-4-5-10(7-11)16-15(21)14(20)13(19)12(8-18)23-16/h4-7,12-16,18-21H,8-9H2,1-3H3/t12-,13-,14+,15+,16?/m1/s1. The predicted octanol–water partition coefficient (Wildman–Crippen LogP) is 0.626. The molecule has 0 aromatic heterocycles. The smallest absolute Gasteiger partial charge is 0.119 e. The molecule has 0 aliphatic carbocycles. The maximum absolute atomic E-state index is 10.2. The van der Waals surface area contributed by atoms with Crippen LogP contribution in [0.4, 0.5) is 0 Å². The third-order valence-electron chi connectivity index (χ3n) is 3.75. The fourth-order valence-electron chi connectivity index (χ4n) is 2.46. The Bertz CT molecular complexity index is 510. The van der Waals surface area contributed by atoms with Gasteiger partial charge in [0.05, 0.1) is 13.2 Å². The molecule has 1 fully saturated rings. The van der Waals surface area contributed by atoms with Gasteiger partial charge in [-0.3, -0.25) is 0 Å². The minimum Gasteiger partial charge on any atom is -0.493 e. The van der Waals surface area contributed by atoms with Crippen LogP contribution in [0.25, 0.3) is 0 Å². The zero-order valence-electron chi connectivity index (χ0n) is 13.7. The van der Waals surface area contributed by atoms with Crippen LogP contribution < -0.4 is 4.74 Å². The molecule has 5 atom stereocenters. The van der Waals surface area contributed by atoms with Crippen molar-refractivity contribution < 1.29 is 29.9 Å². The minimum atomic E-state index is -1.38. The Morgan fingerprint density at radius 1 is 1.09 bits per heavy atom. The molecule has 1 unspecified atom stereocenters. The summed E-state index contributed by atoms with van der Waals surface area (Å²) in [5.41, 5.74) is 0.632. The highest BCUT2D eigenvalue weighted by molar-refractivity contribution is 5.31. The molecule has 6 heteroatoms. The molecule has 1 aromatic rings. The minimum absolute atomic E-state index is 0.0130. The van der Waals surface area contributed by atoms with Crippen LogP contribution in [-0.2, 0) is 4.74 Å². The second-order valence-corrected chi connectivity index (χ2v) is 7.17. The van der Waals surface area contributed by atoms with Crippen LogP contribution in [0.2, 0.25) is 0 Å². The molecule has 0 spiro atoms. The van der Waals surface area contributed by atoms with Gasteiger partial charge in [-0.05, 0) is 23.1 Å². The van der Waals surface area contributed by atoms with Crippen molar-refractivity contribution >= 4 is 0 Å². The Balaban J connectivity index is 2.17. The van der Waals surface area contributed by atoms with Gasteiger partial charge >= 0.3 is 0 Å². The first-order valence-corrected chi connectivity index (χ1v) is 7.76. The summed E-state index contributed by atoms with van der Waals surface area (Å²) in [6.45, 7) is 6.28. The van der Waals surface area contributed by atoms with Gasteiger partial charge in [-0.15, -0.1) is 0 Å². The lowest BCUT2D eigenvalue weighted by Crippen LogP contribution is -2.55. The molecule has 1 aliphatic heterocycles. The molecule has 1 saturated heterocycles. The largest absolute Gasteiger partial charge is 0.493 e. The molecule has 0 amide bonds. The highest BCUT2D eigenvalue weighted by Gasteiger charge is 2.43. The van der Waals surface area contributed by atoms with E-state index in [1.54, 1.807) is 24.3 Å². The second-order valence-electron chi connectivity index (χ2n) is 7.17. The maximum atomic E-state index is 10.2. The zero-order chi connectivity index (χ0) is 17.2. The Labute approximate surface area is 136 Å². The van der Waals surface area contributed by atoms with Crippen LogP contribution in [0.1, 0.15) is 32.4 Å². The Morgan fingerprint density at radius 2 is 1.78 bits per heavy atom. The van der Waals surface area contributed by atoms with Crippen molar-refractivity contribution in [1.82, 2.24) is 0 Å². The first-order chi connectivity index (χ1) is 10.7. The quantitative estimate of drug-likeness (QED) is 0.648. The number of hydrogen-bond acceptors (Lipinski definition) is 6. The van der Waals surface area contributed by atoms with Crippen molar-refractivity contribution in [1.29, 1.82) is 0 Å². The first kappa shape index (κ1) is 18.2. The summed E-state index contributed by atoms with van der Waals surface area (Å²) in [5.74, 6) is 0.634. The normalized spacial score (nSPS) is 31.9. The van der Waals surface area contributed by atoms with Gasteiger partial charge in [0.25, 0.3) is 0 Å². The SMILES string of the molecule is CC(C)(C)COc1cccc(C2O[C@H](CO)[C@@H](O)[C@H](O)[C@@H]2O)c1. The predicted molar refractivity (Wildman–Crippen MR) is 84.1 cm³/mol. The third-order valence-corrected chi connectivity index (χ3v) is 3.75. The fraction of sp³-hybridized carbons (Fsp3) is 0.647. The molecule has 23 heavy (non-hydrogen) atoms. The molecule has 0 bridgehead atoms. The lowest BCUT2D eigenvalue weighted by Gasteiger charge is -2.40. The first-order valence-electron chi connectivity index (χ1n) is 7.76. The van der Waals surface area contributed by atoms with Gasteiger partial charge in [0.15, 0.2) is 0 Å². The monoisotopic (exact) mass is 326 g/mol. The highest BCUT2D eigenvalue weighted by Crippen LogP contribution is 2.33. The molecule has 1 heterocycles. The van der Waals surface area contributed by atoms with Gasteiger partial charge in [-0.1, -0.05) is 32.9 Å². The van der Waals surface area contributed by atoms with Gasteiger partial charge < -0.3 is 29.9 Å². The van der Waals surface area contributed by atoms with Gasteiger partial charge in [0.1, 0.15) is 36.3 Å². The van der Waals surface area contributed by atoms with Crippen molar-refractivity contribution in [3.8, 4) is 5.75 Å². The van der Waals surface area contributed by atoms with Crippen molar-refractivity contribution in [2.45, 2.75) is 51.3 Å². The molecule has 2 rings (SSSR count). The van der Waals surface area contributed by atoms with Crippen molar-refractivity contribution in [3.63, 3.8) is 0 Å². The lowest BCUT2D eigenvalue weighted by molar-refractivity contribution is -0.231. The van der Waals surface area contributed by atoms with E-state index >= 15 is 0 Å². The summed E-state index contributed by atoms with van der Waals surface area (Å²) in [7, 11) is 0. The van der Waals surface area contributed by atoms with E-state index in [9.17, 15) is 20.4 Å². The summed E-state index contributed by atoms with van der Waals surface area (Å²) in [4.78, 5) is 0. The van der Waals surface area contributed by atoms with Gasteiger partial charge in [-0.2, -0.15) is 0 Å². The Hall–Kier alpha value is -1.18. The van der Waals surface area contributed by atoms with E-state index in [1.165, 1.54) is 0 Å². The number of benzene rings is 1. The summed E-state index contributed by atoms with van der Waals surface area (Å²) >= 11 is 0. The molecule has 1 aliphatic rings. The van der Waals surface area contributed by atoms with E-state index in [-0.39, 0.29) is 5.41 Å². The number of ether oxygens (including phenoxy) is 2. The van der Waals surface area contributed by atoms with Crippen LogP contribution in [-0.4, -0.2) is 58.1 Å². The van der Waals surface area contributed by atoms with Crippen LogP contribution in [0.15, 0.2) is 24.3 Å². The van der Waals surface area contributed by atoms with Crippen LogP contribution in [0, 0.1) is 5.41 Å². The van der Waals surface area contributed by atoms with Crippen molar-refractivity contribution in [2.75, 3.05) is 13.2 Å². The fourth-order valence-corrected chi connectivity index (χ4v) is 2.46. The average Bonchev–Trinajstić information content (AvgIpc) is 2.51. The number of aliphatic hydroxyl groups excluding tert-OH is 4. The highest BCUT2D eigenvalue weighted by atomic mass is 16.5. The zero-order valence-corrected chi connectivity index (χ0v) is 13.7. The number of aliphatic hydroxyl groups is 4. The van der Waals surface area contributed by atoms with Gasteiger partial charge in [0, 0.05) is 0 Å². The molecule has 130 valence electrons.